The topological polar surface area (TPSA) is 92.7 Å². The smallest absolute Gasteiger partial charge is 0.331 e. The first kappa shape index (κ1) is 16.8. The molecule has 0 unspecified atom stereocenters. The van der Waals surface area contributed by atoms with Gasteiger partial charge >= 0.3 is 12.2 Å². The molecule has 7 heteroatoms. The summed E-state index contributed by atoms with van der Waals surface area (Å²) in [6.07, 6.45) is 4.64. The minimum atomic E-state index is -0.609. The van der Waals surface area contributed by atoms with Crippen LogP contribution in [0.25, 0.3) is 11.6 Å². The van der Waals surface area contributed by atoms with Gasteiger partial charge < -0.3 is 10.3 Å². The van der Waals surface area contributed by atoms with E-state index >= 15 is 0 Å². The number of carbonyl (C=O) groups excluding carboxylic acids is 2. The van der Waals surface area contributed by atoms with Gasteiger partial charge in [-0.25, -0.2) is 9.78 Å². The second-order valence-electron chi connectivity index (χ2n) is 5.07. The van der Waals surface area contributed by atoms with Gasteiger partial charge in [0.25, 0.3) is 5.78 Å². The number of carbonyl (C=O) groups is 2. The standard InChI is InChI=1S/C14H14ClN3O3/c1-14(2,3)21-13(20)5-4-9-7-17-12(15)6-10(9)11(19)8-18-16/h4-8H,1-3H3. The van der Waals surface area contributed by atoms with Crippen LogP contribution < -0.4 is 0 Å². The maximum atomic E-state index is 11.7. The van der Waals surface area contributed by atoms with Crippen LogP contribution in [-0.2, 0) is 9.53 Å². The Morgan fingerprint density at radius 1 is 1.43 bits per heavy atom. The minimum Gasteiger partial charge on any atom is -0.457 e. The van der Waals surface area contributed by atoms with Crippen LogP contribution >= 0.6 is 11.6 Å². The Kier molecular flexibility index (Phi) is 5.52. The number of hydrogen-bond acceptors (Lipinski definition) is 4. The van der Waals surface area contributed by atoms with Crippen molar-refractivity contribution in [2.45, 2.75) is 26.4 Å². The molecule has 0 amide bonds. The first-order valence-corrected chi connectivity index (χ1v) is 6.39. The third-order valence-corrected chi connectivity index (χ3v) is 2.35. The fourth-order valence-electron chi connectivity index (χ4n) is 1.40. The van der Waals surface area contributed by atoms with E-state index in [0.717, 1.165) is 6.21 Å². The van der Waals surface area contributed by atoms with Crippen LogP contribution in [0.15, 0.2) is 18.3 Å². The maximum Gasteiger partial charge on any atom is 0.331 e. The average molecular weight is 308 g/mol. The SMILES string of the molecule is CC(C)(C)OC(=O)C=Cc1cnc(Cl)cc1C(=O)C=[N+]=[N-]. The number of hydrogen-bond donors (Lipinski definition) is 0. The molecule has 0 spiro atoms. The van der Waals surface area contributed by atoms with Gasteiger partial charge in [0.15, 0.2) is 0 Å². The van der Waals surface area contributed by atoms with E-state index in [4.69, 9.17) is 21.9 Å². The number of pyridine rings is 1. The number of ether oxygens (including phenoxy) is 1. The number of halogens is 1. The van der Waals surface area contributed by atoms with Crippen LogP contribution in [0.2, 0.25) is 5.15 Å². The molecule has 0 aliphatic heterocycles. The predicted molar refractivity (Wildman–Crippen MR) is 78.1 cm³/mol. The van der Waals surface area contributed by atoms with E-state index in [1.165, 1.54) is 24.4 Å². The fourth-order valence-corrected chi connectivity index (χ4v) is 1.56. The Bertz CT molecular complexity index is 641. The number of ketones is 1. The van der Waals surface area contributed by atoms with Crippen LogP contribution in [0.4, 0.5) is 0 Å². The van der Waals surface area contributed by atoms with Crippen molar-refractivity contribution in [3.63, 3.8) is 0 Å². The molecule has 21 heavy (non-hydrogen) atoms. The molecule has 1 rings (SSSR count). The van der Waals surface area contributed by atoms with E-state index in [1.807, 2.05) is 0 Å². The van der Waals surface area contributed by atoms with Crippen molar-refractivity contribution in [1.29, 1.82) is 0 Å². The summed E-state index contributed by atoms with van der Waals surface area (Å²) in [5.74, 6) is -1.11. The Morgan fingerprint density at radius 3 is 2.67 bits per heavy atom. The van der Waals surface area contributed by atoms with Crippen molar-refractivity contribution < 1.29 is 19.1 Å². The van der Waals surface area contributed by atoms with E-state index in [-0.39, 0.29) is 10.7 Å². The quantitative estimate of drug-likeness (QED) is 0.162. The van der Waals surface area contributed by atoms with E-state index < -0.39 is 17.4 Å². The van der Waals surface area contributed by atoms with Crippen molar-refractivity contribution >= 4 is 35.6 Å². The molecular weight excluding hydrogens is 294 g/mol. The summed E-state index contributed by atoms with van der Waals surface area (Å²) in [6.45, 7) is 5.24. The van der Waals surface area contributed by atoms with Gasteiger partial charge in [-0.2, -0.15) is 4.79 Å². The van der Waals surface area contributed by atoms with Crippen LogP contribution in [0.5, 0.6) is 0 Å². The maximum absolute atomic E-state index is 11.7. The molecule has 0 atom stereocenters. The number of nitrogens with zero attached hydrogens (tertiary/aromatic N) is 3. The highest BCUT2D eigenvalue weighted by atomic mass is 35.5. The Morgan fingerprint density at radius 2 is 2.10 bits per heavy atom. The lowest BCUT2D eigenvalue weighted by Gasteiger charge is -2.17. The second-order valence-corrected chi connectivity index (χ2v) is 5.46. The Hall–Kier alpha value is -2.30. The molecule has 0 bridgehead atoms. The first-order valence-electron chi connectivity index (χ1n) is 6.01. The van der Waals surface area contributed by atoms with Crippen LogP contribution in [0.3, 0.4) is 0 Å². The summed E-state index contributed by atoms with van der Waals surface area (Å²) >= 11 is 5.72. The lowest BCUT2D eigenvalue weighted by atomic mass is 10.1. The van der Waals surface area contributed by atoms with Crippen LogP contribution in [0.1, 0.15) is 36.7 Å². The predicted octanol–water partition coefficient (Wildman–Crippen LogP) is 2.57. The fraction of sp³-hybridized carbons (Fsp3) is 0.286. The molecule has 6 nitrogen and oxygen atoms in total. The molecule has 0 aliphatic rings. The normalized spacial score (nSPS) is 11.0. The number of rotatable bonds is 4. The first-order chi connectivity index (χ1) is 9.73. The third kappa shape index (κ3) is 5.69. The van der Waals surface area contributed by atoms with Gasteiger partial charge in [0, 0.05) is 23.4 Å². The molecule has 0 radical (unpaired) electrons. The summed E-state index contributed by atoms with van der Waals surface area (Å²) in [7, 11) is 0. The monoisotopic (exact) mass is 307 g/mol. The molecule has 110 valence electrons. The van der Waals surface area contributed by atoms with E-state index in [2.05, 4.69) is 9.77 Å². The van der Waals surface area contributed by atoms with Crippen molar-refractivity contribution in [2.75, 3.05) is 0 Å². The molecule has 1 aromatic rings. The number of esters is 1. The van der Waals surface area contributed by atoms with Gasteiger partial charge in [0.2, 0.25) is 0 Å². The lowest BCUT2D eigenvalue weighted by Crippen LogP contribution is -2.22. The minimum absolute atomic E-state index is 0.110. The lowest BCUT2D eigenvalue weighted by molar-refractivity contribution is -0.148. The van der Waals surface area contributed by atoms with E-state index in [1.54, 1.807) is 20.8 Å². The van der Waals surface area contributed by atoms with Crippen molar-refractivity contribution in [1.82, 2.24) is 4.98 Å². The molecule has 0 aromatic carbocycles. The summed E-state index contributed by atoms with van der Waals surface area (Å²) < 4.78 is 5.11. The number of Topliss-reactive ketones (excluding diaryl/α,β-unsaturated/α-hetero) is 1. The number of aromatic nitrogens is 1. The Balaban J connectivity index is 3.06. The molecule has 0 aliphatic carbocycles. The van der Waals surface area contributed by atoms with Crippen LogP contribution in [0, 0.1) is 0 Å². The summed E-state index contributed by atoms with van der Waals surface area (Å²) in [6, 6.07) is 1.32. The van der Waals surface area contributed by atoms with Gasteiger partial charge in [0.05, 0.1) is 0 Å². The van der Waals surface area contributed by atoms with Crippen molar-refractivity contribution in [3.05, 3.63) is 40.2 Å². The molecule has 0 fully saturated rings. The average Bonchev–Trinajstić information content (AvgIpc) is 2.35. The van der Waals surface area contributed by atoms with Gasteiger partial charge in [-0.1, -0.05) is 11.6 Å². The zero-order valence-electron chi connectivity index (χ0n) is 11.8. The summed E-state index contributed by atoms with van der Waals surface area (Å²) in [4.78, 5) is 29.9. The third-order valence-electron chi connectivity index (χ3n) is 2.15. The highest BCUT2D eigenvalue weighted by Crippen LogP contribution is 2.15. The zero-order chi connectivity index (χ0) is 16.0. The van der Waals surface area contributed by atoms with Crippen molar-refractivity contribution in [2.24, 2.45) is 0 Å². The largest absolute Gasteiger partial charge is 0.457 e. The molecule has 0 saturated heterocycles. The van der Waals surface area contributed by atoms with Gasteiger partial charge in [-0.15, -0.1) is 0 Å². The molecule has 0 saturated carbocycles. The van der Waals surface area contributed by atoms with E-state index in [9.17, 15) is 9.59 Å². The second kappa shape index (κ2) is 6.92. The molecular formula is C14H14ClN3O3. The van der Waals surface area contributed by atoms with Gasteiger partial charge in [-0.05, 0) is 32.9 Å². The summed E-state index contributed by atoms with van der Waals surface area (Å²) in [5.41, 5.74) is 8.32. The highest BCUT2D eigenvalue weighted by molar-refractivity contribution is 6.35. The summed E-state index contributed by atoms with van der Waals surface area (Å²) in [5, 5.41) is 0.110. The van der Waals surface area contributed by atoms with Crippen LogP contribution in [-0.4, -0.2) is 33.3 Å². The zero-order valence-corrected chi connectivity index (χ0v) is 12.6. The molecule has 1 aromatic heterocycles. The van der Waals surface area contributed by atoms with E-state index in [0.29, 0.717) is 5.56 Å². The molecule has 0 N–H and O–H groups in total. The molecule has 1 heterocycles. The van der Waals surface area contributed by atoms with Gasteiger partial charge in [0.1, 0.15) is 10.8 Å². The van der Waals surface area contributed by atoms with Gasteiger partial charge in [-0.3, -0.25) is 4.79 Å². The van der Waals surface area contributed by atoms with Crippen molar-refractivity contribution in [3.8, 4) is 0 Å². The highest BCUT2D eigenvalue weighted by Gasteiger charge is 2.15. The Labute approximate surface area is 127 Å².